The molecule has 4 heterocycles. The first-order valence-electron chi connectivity index (χ1n) is 19.5. The van der Waals surface area contributed by atoms with Gasteiger partial charge in [0, 0.05) is 44.5 Å². The number of carbonyl (C=O) groups excluding carboxylic acids is 3. The first-order chi connectivity index (χ1) is 25.1. The molecule has 312 valence electrons. The van der Waals surface area contributed by atoms with E-state index in [0.29, 0.717) is 25.7 Å². The number of hydrogen-bond donors (Lipinski definition) is 1. The third-order valence-corrected chi connectivity index (χ3v) is 12.2. The standard InChI is InChI=1S/C39H68N2O13/c1-22-18-37(7,45)32(52-29-17-28(40(10)11)16-23(2)49-29)24(3)31(51-30-19-38(8,46-13)34(27(6)50-30)47-15-14-42)25(4)35(43)48-21-39(9)33(53-36(44)54-39)26(5)41(12)20-22/h14,22-34,45H,15-21H2,1-13H3/t22-,23-,24+,25-,26-,27?,28+,29+,30+,31+,32-,33+,34+,37-,38-,39-/m1/s1. The molecule has 4 rings (SSSR count). The van der Waals surface area contributed by atoms with Crippen molar-refractivity contribution in [3.8, 4) is 0 Å². The molecule has 4 fully saturated rings. The Kier molecular flexibility index (Phi) is 15.0. The van der Waals surface area contributed by atoms with E-state index in [-0.39, 0.29) is 43.7 Å². The molecule has 16 atom stereocenters. The Bertz CT molecular complexity index is 1270. The minimum absolute atomic E-state index is 0.0520. The average molecular weight is 773 g/mol. The zero-order valence-electron chi connectivity index (χ0n) is 34.8. The predicted octanol–water partition coefficient (Wildman–Crippen LogP) is 3.56. The van der Waals surface area contributed by atoms with Crippen molar-refractivity contribution in [2.75, 3.05) is 48.0 Å². The normalized spacial score (nSPS) is 46.1. The molecule has 0 saturated carbocycles. The second-order valence-electron chi connectivity index (χ2n) is 17.3. The van der Waals surface area contributed by atoms with Gasteiger partial charge in [-0.3, -0.25) is 9.69 Å². The van der Waals surface area contributed by atoms with Crippen LogP contribution < -0.4 is 0 Å². The van der Waals surface area contributed by atoms with Crippen molar-refractivity contribution in [1.29, 1.82) is 0 Å². The number of ether oxygens (including phenoxy) is 9. The van der Waals surface area contributed by atoms with Gasteiger partial charge >= 0.3 is 12.1 Å². The second-order valence-corrected chi connectivity index (χ2v) is 17.3. The summed E-state index contributed by atoms with van der Waals surface area (Å²) in [6, 6.07) is -0.108. The minimum Gasteiger partial charge on any atom is -0.461 e. The number of likely N-dealkylation sites (N-methyl/N-ethyl adjacent to an activating group) is 1. The van der Waals surface area contributed by atoms with Gasteiger partial charge in [0.05, 0.1) is 41.5 Å². The molecular weight excluding hydrogens is 704 g/mol. The monoisotopic (exact) mass is 772 g/mol. The number of hydrogen-bond acceptors (Lipinski definition) is 15. The van der Waals surface area contributed by atoms with Gasteiger partial charge in [-0.25, -0.2) is 4.79 Å². The number of rotatable bonds is 9. The predicted molar refractivity (Wildman–Crippen MR) is 197 cm³/mol. The summed E-state index contributed by atoms with van der Waals surface area (Å²) in [5.41, 5.74) is -3.58. The Labute approximate surface area is 321 Å². The number of cyclic esters (lactones) is 1. The van der Waals surface area contributed by atoms with Gasteiger partial charge in [-0.2, -0.15) is 0 Å². The van der Waals surface area contributed by atoms with Crippen molar-refractivity contribution >= 4 is 18.4 Å². The fourth-order valence-electron chi connectivity index (χ4n) is 9.14. The van der Waals surface area contributed by atoms with E-state index in [4.69, 9.17) is 42.6 Å². The van der Waals surface area contributed by atoms with E-state index in [2.05, 4.69) is 16.7 Å². The Hall–Kier alpha value is -1.95. The zero-order chi connectivity index (χ0) is 40.3. The van der Waals surface area contributed by atoms with Gasteiger partial charge in [-0.05, 0) is 88.4 Å². The fraction of sp³-hybridized carbons (Fsp3) is 0.923. The number of aliphatic hydroxyl groups is 1. The van der Waals surface area contributed by atoms with Gasteiger partial charge in [0.2, 0.25) is 0 Å². The van der Waals surface area contributed by atoms with Crippen LogP contribution in [-0.4, -0.2) is 159 Å². The Morgan fingerprint density at radius 3 is 2.28 bits per heavy atom. The zero-order valence-corrected chi connectivity index (χ0v) is 34.8. The molecule has 0 aromatic rings. The molecule has 0 spiro atoms. The van der Waals surface area contributed by atoms with Crippen molar-refractivity contribution in [1.82, 2.24) is 9.80 Å². The highest BCUT2D eigenvalue weighted by Crippen LogP contribution is 2.41. The molecule has 0 bridgehead atoms. The molecule has 1 unspecified atom stereocenters. The topological polar surface area (TPSA) is 161 Å². The average Bonchev–Trinajstić information content (AvgIpc) is 3.39. The number of methoxy groups -OCH3 is 1. The number of aldehydes is 1. The van der Waals surface area contributed by atoms with Crippen LogP contribution in [0.25, 0.3) is 0 Å². The van der Waals surface area contributed by atoms with Crippen LogP contribution in [0.15, 0.2) is 0 Å². The maximum absolute atomic E-state index is 14.2. The summed E-state index contributed by atoms with van der Waals surface area (Å²) in [5, 5.41) is 12.6. The van der Waals surface area contributed by atoms with Crippen LogP contribution in [-0.2, 0) is 52.2 Å². The molecule has 15 nitrogen and oxygen atoms in total. The molecule has 0 aromatic carbocycles. The molecular formula is C39H68N2O13. The van der Waals surface area contributed by atoms with E-state index < -0.39 is 83.9 Å². The highest BCUT2D eigenvalue weighted by atomic mass is 16.8. The van der Waals surface area contributed by atoms with Gasteiger partial charge in [-0.15, -0.1) is 0 Å². The lowest BCUT2D eigenvalue weighted by atomic mass is 9.77. The molecule has 1 N–H and O–H groups in total. The number of fused-ring (bicyclic) bond motifs is 1. The largest absolute Gasteiger partial charge is 0.509 e. The third kappa shape index (κ3) is 10.3. The summed E-state index contributed by atoms with van der Waals surface area (Å²) in [4.78, 5) is 42.1. The summed E-state index contributed by atoms with van der Waals surface area (Å²) >= 11 is 0. The van der Waals surface area contributed by atoms with E-state index in [1.807, 2.05) is 55.8 Å². The fourth-order valence-corrected chi connectivity index (χ4v) is 9.14. The number of nitrogens with zero attached hydrogens (tertiary/aromatic N) is 2. The summed E-state index contributed by atoms with van der Waals surface area (Å²) in [5.74, 6) is -2.19. The number of esters is 1. The summed E-state index contributed by atoms with van der Waals surface area (Å²) < 4.78 is 55.5. The van der Waals surface area contributed by atoms with Gasteiger partial charge in [0.25, 0.3) is 0 Å². The van der Waals surface area contributed by atoms with Crippen molar-refractivity contribution < 1.29 is 62.1 Å². The van der Waals surface area contributed by atoms with Crippen LogP contribution in [0, 0.1) is 17.8 Å². The lowest BCUT2D eigenvalue weighted by molar-refractivity contribution is -0.312. The van der Waals surface area contributed by atoms with E-state index in [1.54, 1.807) is 27.9 Å². The Morgan fingerprint density at radius 2 is 1.65 bits per heavy atom. The van der Waals surface area contributed by atoms with Crippen LogP contribution in [0.1, 0.15) is 88.0 Å². The van der Waals surface area contributed by atoms with Crippen molar-refractivity contribution in [3.05, 3.63) is 0 Å². The second kappa shape index (κ2) is 18.1. The third-order valence-electron chi connectivity index (χ3n) is 12.2. The van der Waals surface area contributed by atoms with E-state index >= 15 is 0 Å². The maximum atomic E-state index is 14.2. The van der Waals surface area contributed by atoms with Crippen molar-refractivity contribution in [3.63, 3.8) is 0 Å². The summed E-state index contributed by atoms with van der Waals surface area (Å²) in [6.07, 6.45) is -3.39. The highest BCUT2D eigenvalue weighted by Gasteiger charge is 2.54. The molecule has 0 aromatic heterocycles. The Balaban J connectivity index is 1.76. The Morgan fingerprint density at radius 1 is 0.963 bits per heavy atom. The quantitative estimate of drug-likeness (QED) is 0.268. The maximum Gasteiger partial charge on any atom is 0.509 e. The van der Waals surface area contributed by atoms with Crippen LogP contribution >= 0.6 is 0 Å². The molecule has 0 amide bonds. The van der Waals surface area contributed by atoms with Crippen LogP contribution in [0.4, 0.5) is 4.79 Å². The first-order valence-corrected chi connectivity index (χ1v) is 19.5. The smallest absolute Gasteiger partial charge is 0.461 e. The molecule has 0 aliphatic carbocycles. The van der Waals surface area contributed by atoms with Crippen LogP contribution in [0.2, 0.25) is 0 Å². The molecule has 0 radical (unpaired) electrons. The highest BCUT2D eigenvalue weighted by molar-refractivity contribution is 5.73. The van der Waals surface area contributed by atoms with Crippen molar-refractivity contribution in [2.24, 2.45) is 17.8 Å². The lowest BCUT2D eigenvalue weighted by Crippen LogP contribution is -2.59. The molecule has 54 heavy (non-hydrogen) atoms. The lowest BCUT2D eigenvalue weighted by Gasteiger charge is -2.49. The van der Waals surface area contributed by atoms with Gasteiger partial charge < -0.3 is 57.4 Å². The minimum atomic E-state index is -1.43. The van der Waals surface area contributed by atoms with E-state index in [9.17, 15) is 19.5 Å². The van der Waals surface area contributed by atoms with Gasteiger partial charge in [-0.1, -0.05) is 13.8 Å². The summed E-state index contributed by atoms with van der Waals surface area (Å²) in [6.45, 7) is 17.0. The first kappa shape index (κ1) is 44.8. The van der Waals surface area contributed by atoms with Gasteiger partial charge in [0.15, 0.2) is 24.3 Å². The number of carbonyl (C=O) groups is 3. The van der Waals surface area contributed by atoms with Crippen LogP contribution in [0.5, 0.6) is 0 Å². The van der Waals surface area contributed by atoms with E-state index in [1.165, 1.54) is 0 Å². The molecule has 4 aliphatic rings. The van der Waals surface area contributed by atoms with E-state index in [0.717, 1.165) is 6.42 Å². The van der Waals surface area contributed by atoms with Crippen molar-refractivity contribution in [2.45, 2.75) is 166 Å². The summed E-state index contributed by atoms with van der Waals surface area (Å²) in [7, 11) is 7.57. The van der Waals surface area contributed by atoms with Gasteiger partial charge in [0.1, 0.15) is 25.6 Å². The molecule has 4 aliphatic heterocycles. The van der Waals surface area contributed by atoms with Crippen LogP contribution in [0.3, 0.4) is 0 Å². The SMILES string of the molecule is CO[C@]1(C)C[C@H](O[C@H]2[C@H](C)[C@@H](O[C@H]3C[C@@H](N(C)C)C[C@@H](C)O3)[C@](C)(O)C[C@@H](C)CN(C)[C@H](C)[C@@H]3OC(=O)O[C@]3(C)COC(=O)[C@@H]2C)OC(C)[C@@H]1OCC=O. The molecule has 4 saturated heterocycles. The molecule has 15 heteroatoms.